The summed E-state index contributed by atoms with van der Waals surface area (Å²) in [6, 6.07) is 13.1. The van der Waals surface area contributed by atoms with E-state index < -0.39 is 0 Å². The molecule has 4 aromatic rings. The topological polar surface area (TPSA) is 67.8 Å². The first kappa shape index (κ1) is 14.9. The lowest BCUT2D eigenvalue weighted by Gasteiger charge is -2.06. The van der Waals surface area contributed by atoms with Gasteiger partial charge in [-0.25, -0.2) is 4.98 Å². The number of thiazole rings is 1. The Balaban J connectivity index is 1.57. The summed E-state index contributed by atoms with van der Waals surface area (Å²) in [6.45, 7) is 1.98. The summed E-state index contributed by atoms with van der Waals surface area (Å²) in [5.41, 5.74) is 4.62. The van der Waals surface area contributed by atoms with Crippen LogP contribution in [0.4, 0.5) is 5.69 Å². The highest BCUT2D eigenvalue weighted by atomic mass is 32.1. The molecule has 0 unspecified atom stereocenters. The number of nitrogens with one attached hydrogen (secondary N) is 1. The summed E-state index contributed by atoms with van der Waals surface area (Å²) in [4.78, 5) is 17.0. The van der Waals surface area contributed by atoms with Crippen molar-refractivity contribution in [3.8, 4) is 11.3 Å². The number of carbonyl (C=O) groups is 1. The number of aryl methyl sites for hydroxylation is 1. The van der Waals surface area contributed by atoms with Crippen molar-refractivity contribution < 1.29 is 4.79 Å². The number of nitrogens with zero attached hydrogens (tertiary/aromatic N) is 3. The molecule has 118 valence electrons. The predicted molar refractivity (Wildman–Crippen MR) is 97.7 cm³/mol. The third-order valence-electron chi connectivity index (χ3n) is 3.59. The van der Waals surface area contributed by atoms with E-state index in [1.165, 1.54) is 0 Å². The fraction of sp³-hybridized carbons (Fsp3) is 0.0588. The molecule has 0 spiro atoms. The van der Waals surface area contributed by atoms with E-state index in [2.05, 4.69) is 19.0 Å². The summed E-state index contributed by atoms with van der Waals surface area (Å²) >= 11 is 2.73. The highest BCUT2D eigenvalue weighted by molar-refractivity contribution is 7.09. The van der Waals surface area contributed by atoms with Crippen molar-refractivity contribution >= 4 is 45.7 Å². The van der Waals surface area contributed by atoms with Crippen molar-refractivity contribution in [2.45, 2.75) is 6.92 Å². The molecule has 5 nitrogen and oxygen atoms in total. The van der Waals surface area contributed by atoms with Gasteiger partial charge in [-0.1, -0.05) is 18.2 Å². The van der Waals surface area contributed by atoms with Gasteiger partial charge < -0.3 is 5.32 Å². The Hall–Kier alpha value is -2.64. The van der Waals surface area contributed by atoms with Crippen LogP contribution >= 0.6 is 23.1 Å². The Morgan fingerprint density at radius 1 is 1.08 bits per heavy atom. The maximum Gasteiger partial charge on any atom is 0.257 e. The van der Waals surface area contributed by atoms with Crippen molar-refractivity contribution in [1.82, 2.24) is 13.7 Å². The minimum absolute atomic E-state index is 0.189. The Morgan fingerprint density at radius 3 is 2.67 bits per heavy atom. The van der Waals surface area contributed by atoms with Crippen LogP contribution in [0.1, 0.15) is 15.4 Å². The monoisotopic (exact) mass is 352 g/mol. The first-order valence-electron chi connectivity index (χ1n) is 7.26. The van der Waals surface area contributed by atoms with E-state index >= 15 is 0 Å². The molecule has 2 heterocycles. The number of amides is 1. The molecule has 0 radical (unpaired) electrons. The number of anilines is 1. The number of hydrogen-bond donors (Lipinski definition) is 1. The van der Waals surface area contributed by atoms with Crippen LogP contribution < -0.4 is 5.32 Å². The molecule has 24 heavy (non-hydrogen) atoms. The lowest BCUT2D eigenvalue weighted by Crippen LogP contribution is -2.12. The molecule has 2 aromatic heterocycles. The second-order valence-corrected chi connectivity index (χ2v) is 6.81. The zero-order chi connectivity index (χ0) is 16.5. The van der Waals surface area contributed by atoms with E-state index in [-0.39, 0.29) is 5.91 Å². The minimum atomic E-state index is -0.189. The third-order valence-corrected chi connectivity index (χ3v) is 4.90. The van der Waals surface area contributed by atoms with Crippen LogP contribution in [-0.2, 0) is 0 Å². The van der Waals surface area contributed by atoms with Crippen LogP contribution in [0.3, 0.4) is 0 Å². The molecule has 0 aliphatic rings. The summed E-state index contributed by atoms with van der Waals surface area (Å²) in [7, 11) is 0. The van der Waals surface area contributed by atoms with Gasteiger partial charge in [0.2, 0.25) is 0 Å². The van der Waals surface area contributed by atoms with E-state index in [0.717, 1.165) is 39.2 Å². The van der Waals surface area contributed by atoms with Crippen LogP contribution in [0, 0.1) is 6.92 Å². The lowest BCUT2D eigenvalue weighted by atomic mass is 10.1. The quantitative estimate of drug-likeness (QED) is 0.594. The van der Waals surface area contributed by atoms with Crippen molar-refractivity contribution in [3.05, 3.63) is 58.4 Å². The number of aromatic nitrogens is 3. The smallest absolute Gasteiger partial charge is 0.257 e. The summed E-state index contributed by atoms with van der Waals surface area (Å²) < 4.78 is 8.36. The number of rotatable bonds is 3. The Labute approximate surface area is 146 Å². The average molecular weight is 352 g/mol. The lowest BCUT2D eigenvalue weighted by molar-refractivity contribution is 0.102. The summed E-state index contributed by atoms with van der Waals surface area (Å²) in [6.07, 6.45) is 0. The van der Waals surface area contributed by atoms with Gasteiger partial charge in [0.15, 0.2) is 0 Å². The van der Waals surface area contributed by atoms with Crippen LogP contribution in [-0.4, -0.2) is 19.6 Å². The molecule has 0 saturated carbocycles. The van der Waals surface area contributed by atoms with E-state index in [0.29, 0.717) is 11.1 Å². The number of benzene rings is 2. The van der Waals surface area contributed by atoms with Crippen molar-refractivity contribution in [3.63, 3.8) is 0 Å². The van der Waals surface area contributed by atoms with E-state index in [9.17, 15) is 4.79 Å². The van der Waals surface area contributed by atoms with E-state index in [4.69, 9.17) is 0 Å². The average Bonchev–Trinajstić information content (AvgIpc) is 3.24. The predicted octanol–water partition coefficient (Wildman–Crippen LogP) is 4.38. The Morgan fingerprint density at radius 2 is 1.92 bits per heavy atom. The molecular formula is C17H12N4OS2. The molecule has 0 fully saturated rings. The Bertz CT molecular complexity index is 1020. The highest BCUT2D eigenvalue weighted by Crippen LogP contribution is 2.24. The number of fused-ring (bicyclic) bond motifs is 1. The normalized spacial score (nSPS) is 10.9. The van der Waals surface area contributed by atoms with Crippen molar-refractivity contribution in [2.75, 3.05) is 5.32 Å². The summed E-state index contributed by atoms with van der Waals surface area (Å²) in [5.74, 6) is -0.189. The molecule has 1 N–H and O–H groups in total. The zero-order valence-electron chi connectivity index (χ0n) is 12.7. The molecule has 4 rings (SSSR count). The maximum atomic E-state index is 12.5. The van der Waals surface area contributed by atoms with Gasteiger partial charge >= 0.3 is 0 Å². The molecule has 0 aliphatic carbocycles. The number of carbonyl (C=O) groups excluding carboxylic acids is 1. The first-order valence-corrected chi connectivity index (χ1v) is 8.87. The molecule has 0 bridgehead atoms. The number of hydrogen-bond acceptors (Lipinski definition) is 6. The molecule has 0 atom stereocenters. The SMILES string of the molecule is Cc1nc(-c2ccc(NC(=O)c3cccc4nsnc34)cc2)cs1. The molecule has 0 saturated heterocycles. The van der Waals surface area contributed by atoms with Gasteiger partial charge in [-0.2, -0.15) is 8.75 Å². The first-order chi connectivity index (χ1) is 11.7. The van der Waals surface area contributed by atoms with Gasteiger partial charge in [0.1, 0.15) is 11.0 Å². The van der Waals surface area contributed by atoms with E-state index in [1.54, 1.807) is 17.4 Å². The largest absolute Gasteiger partial charge is 0.322 e. The van der Waals surface area contributed by atoms with Gasteiger partial charge in [-0.05, 0) is 31.2 Å². The zero-order valence-corrected chi connectivity index (χ0v) is 14.3. The summed E-state index contributed by atoms with van der Waals surface area (Å²) in [5, 5.41) is 5.97. The molecule has 1 amide bonds. The molecule has 0 aliphatic heterocycles. The Kier molecular flexibility index (Phi) is 3.79. The van der Waals surface area contributed by atoms with Crippen molar-refractivity contribution in [2.24, 2.45) is 0 Å². The van der Waals surface area contributed by atoms with Gasteiger partial charge in [-0.3, -0.25) is 4.79 Å². The van der Waals surface area contributed by atoms with Gasteiger partial charge in [0.25, 0.3) is 5.91 Å². The highest BCUT2D eigenvalue weighted by Gasteiger charge is 2.13. The van der Waals surface area contributed by atoms with Crippen LogP contribution in [0.15, 0.2) is 47.8 Å². The van der Waals surface area contributed by atoms with Crippen LogP contribution in [0.2, 0.25) is 0 Å². The van der Waals surface area contributed by atoms with Gasteiger partial charge in [0.05, 0.1) is 28.0 Å². The van der Waals surface area contributed by atoms with Gasteiger partial charge in [0, 0.05) is 16.6 Å². The van der Waals surface area contributed by atoms with Crippen molar-refractivity contribution in [1.29, 1.82) is 0 Å². The molecular weight excluding hydrogens is 340 g/mol. The van der Waals surface area contributed by atoms with Crippen LogP contribution in [0.5, 0.6) is 0 Å². The van der Waals surface area contributed by atoms with E-state index in [1.807, 2.05) is 48.7 Å². The maximum absolute atomic E-state index is 12.5. The molecule has 2 aromatic carbocycles. The standard InChI is InChI=1S/C17H12N4OS2/c1-10-18-15(9-23-10)11-5-7-12(8-6-11)19-17(22)13-3-2-4-14-16(13)21-24-20-14/h2-9H,1H3,(H,19,22). The molecule has 7 heteroatoms. The minimum Gasteiger partial charge on any atom is -0.322 e. The fourth-order valence-corrected chi connectivity index (χ4v) is 3.58. The second kappa shape index (κ2) is 6.10. The van der Waals surface area contributed by atoms with Gasteiger partial charge in [-0.15, -0.1) is 11.3 Å². The van der Waals surface area contributed by atoms with Crippen LogP contribution in [0.25, 0.3) is 22.3 Å². The fourth-order valence-electron chi connectivity index (χ4n) is 2.41. The third kappa shape index (κ3) is 2.79. The second-order valence-electron chi connectivity index (χ2n) is 5.22.